The van der Waals surface area contributed by atoms with Gasteiger partial charge in [-0.05, 0) is 43.2 Å². The molecule has 154 valence electrons. The van der Waals surface area contributed by atoms with Crippen LogP contribution in [0.15, 0.2) is 72.8 Å². The first-order valence-corrected chi connectivity index (χ1v) is 9.83. The van der Waals surface area contributed by atoms with E-state index >= 15 is 0 Å². The highest BCUT2D eigenvalue weighted by atomic mass is 16.5. The molecule has 30 heavy (non-hydrogen) atoms. The molecule has 0 atom stereocenters. The molecule has 5 heteroatoms. The van der Waals surface area contributed by atoms with Gasteiger partial charge in [0.1, 0.15) is 12.4 Å². The Morgan fingerprint density at radius 3 is 2.20 bits per heavy atom. The van der Waals surface area contributed by atoms with Gasteiger partial charge in [-0.2, -0.15) is 0 Å². The topological polar surface area (TPSA) is 58.6 Å². The van der Waals surface area contributed by atoms with Crippen molar-refractivity contribution in [3.05, 3.63) is 95.1 Å². The van der Waals surface area contributed by atoms with E-state index in [1.165, 1.54) is 4.90 Å². The molecule has 3 aromatic rings. The fourth-order valence-corrected chi connectivity index (χ4v) is 3.22. The molecule has 0 spiro atoms. The Hall–Kier alpha value is -3.60. The number of anilines is 1. The molecule has 0 radical (unpaired) electrons. The molecule has 3 aromatic carbocycles. The van der Waals surface area contributed by atoms with Crippen molar-refractivity contribution in [2.75, 3.05) is 18.9 Å². The molecule has 0 heterocycles. The quantitative estimate of drug-likeness (QED) is 0.629. The van der Waals surface area contributed by atoms with Crippen LogP contribution in [0.4, 0.5) is 5.69 Å². The molecule has 5 nitrogen and oxygen atoms in total. The number of likely N-dealkylation sites (N-methyl/N-ethyl adjacent to an activating group) is 1. The highest BCUT2D eigenvalue weighted by Gasteiger charge is 2.19. The summed E-state index contributed by atoms with van der Waals surface area (Å²) in [4.78, 5) is 26.9. The molecule has 0 aliphatic rings. The number of amides is 2. The van der Waals surface area contributed by atoms with Crippen LogP contribution in [0.25, 0.3) is 0 Å². The van der Waals surface area contributed by atoms with Gasteiger partial charge >= 0.3 is 0 Å². The zero-order valence-electron chi connectivity index (χ0n) is 17.5. The van der Waals surface area contributed by atoms with Gasteiger partial charge in [0.05, 0.1) is 6.54 Å². The van der Waals surface area contributed by atoms with Gasteiger partial charge < -0.3 is 15.0 Å². The number of benzene rings is 3. The van der Waals surface area contributed by atoms with E-state index in [0.717, 1.165) is 28.1 Å². The predicted octanol–water partition coefficient (Wildman–Crippen LogP) is 4.59. The molecule has 0 saturated carbocycles. The van der Waals surface area contributed by atoms with Crippen LogP contribution in [0.1, 0.15) is 27.0 Å². The fourth-order valence-electron chi connectivity index (χ4n) is 3.22. The second-order valence-electron chi connectivity index (χ2n) is 7.24. The minimum absolute atomic E-state index is 0.0412. The molecule has 0 bridgehead atoms. The summed E-state index contributed by atoms with van der Waals surface area (Å²) < 4.78 is 5.80. The monoisotopic (exact) mass is 402 g/mol. The van der Waals surface area contributed by atoms with Crippen molar-refractivity contribution in [1.29, 1.82) is 0 Å². The van der Waals surface area contributed by atoms with Gasteiger partial charge in [0, 0.05) is 23.9 Å². The third-order valence-corrected chi connectivity index (χ3v) is 4.86. The van der Waals surface area contributed by atoms with Crippen molar-refractivity contribution < 1.29 is 14.3 Å². The molecule has 1 N–H and O–H groups in total. The van der Waals surface area contributed by atoms with E-state index in [4.69, 9.17) is 4.74 Å². The molecule has 3 rings (SSSR count). The Morgan fingerprint density at radius 2 is 1.50 bits per heavy atom. The number of carbonyl (C=O) groups is 2. The molecule has 2 amide bonds. The Balaban J connectivity index is 1.66. The number of hydrogen-bond donors (Lipinski definition) is 1. The van der Waals surface area contributed by atoms with Gasteiger partial charge in [-0.1, -0.05) is 54.6 Å². The largest absolute Gasteiger partial charge is 0.489 e. The zero-order valence-corrected chi connectivity index (χ0v) is 17.5. The van der Waals surface area contributed by atoms with Crippen LogP contribution >= 0.6 is 0 Å². The van der Waals surface area contributed by atoms with E-state index in [1.54, 1.807) is 13.1 Å². The summed E-state index contributed by atoms with van der Waals surface area (Å²) in [5, 5.41) is 2.92. The molecule has 0 saturated heterocycles. The van der Waals surface area contributed by atoms with Gasteiger partial charge in [-0.25, -0.2) is 0 Å². The normalized spacial score (nSPS) is 10.4. The van der Waals surface area contributed by atoms with E-state index in [2.05, 4.69) is 5.32 Å². The van der Waals surface area contributed by atoms with Crippen LogP contribution in [-0.2, 0) is 11.4 Å². The van der Waals surface area contributed by atoms with Crippen LogP contribution in [0.5, 0.6) is 5.75 Å². The zero-order chi connectivity index (χ0) is 21.5. The summed E-state index contributed by atoms with van der Waals surface area (Å²) in [5.41, 5.74) is 4.06. The maximum atomic E-state index is 13.0. The van der Waals surface area contributed by atoms with Crippen LogP contribution in [0, 0.1) is 13.8 Å². The minimum atomic E-state index is -0.235. The molecular weight excluding hydrogens is 376 g/mol. The number of aryl methyl sites for hydroxylation is 2. The first kappa shape index (κ1) is 21.1. The van der Waals surface area contributed by atoms with E-state index in [1.807, 2.05) is 80.6 Å². The Kier molecular flexibility index (Phi) is 6.86. The number of rotatable bonds is 7. The van der Waals surface area contributed by atoms with Crippen molar-refractivity contribution in [2.24, 2.45) is 0 Å². The van der Waals surface area contributed by atoms with E-state index < -0.39 is 0 Å². The second kappa shape index (κ2) is 9.74. The number of para-hydroxylation sites is 2. The van der Waals surface area contributed by atoms with Gasteiger partial charge in [0.2, 0.25) is 5.91 Å². The highest BCUT2D eigenvalue weighted by molar-refractivity contribution is 6.00. The van der Waals surface area contributed by atoms with Gasteiger partial charge in [-0.3, -0.25) is 9.59 Å². The summed E-state index contributed by atoms with van der Waals surface area (Å²) >= 11 is 0. The van der Waals surface area contributed by atoms with Gasteiger partial charge in [-0.15, -0.1) is 0 Å². The van der Waals surface area contributed by atoms with Crippen molar-refractivity contribution in [2.45, 2.75) is 20.5 Å². The first-order chi connectivity index (χ1) is 14.5. The molecule has 0 aliphatic heterocycles. The lowest BCUT2D eigenvalue weighted by Crippen LogP contribution is -2.35. The lowest BCUT2D eigenvalue weighted by Gasteiger charge is -2.20. The highest BCUT2D eigenvalue weighted by Crippen LogP contribution is 2.20. The van der Waals surface area contributed by atoms with Crippen molar-refractivity contribution in [1.82, 2.24) is 4.90 Å². The average Bonchev–Trinajstić information content (AvgIpc) is 2.75. The maximum absolute atomic E-state index is 13.0. The summed E-state index contributed by atoms with van der Waals surface area (Å²) in [5.74, 6) is 0.279. The third kappa shape index (κ3) is 5.26. The summed E-state index contributed by atoms with van der Waals surface area (Å²) in [7, 11) is 1.63. The van der Waals surface area contributed by atoms with Crippen LogP contribution in [0.2, 0.25) is 0 Å². The maximum Gasteiger partial charge on any atom is 0.254 e. The predicted molar refractivity (Wildman–Crippen MR) is 119 cm³/mol. The van der Waals surface area contributed by atoms with Gasteiger partial charge in [0.15, 0.2) is 0 Å². The molecule has 0 aromatic heterocycles. The van der Waals surface area contributed by atoms with Crippen LogP contribution in [-0.4, -0.2) is 30.3 Å². The average molecular weight is 402 g/mol. The summed E-state index contributed by atoms with van der Waals surface area (Å²) in [6.07, 6.45) is 0. The number of hydrogen-bond acceptors (Lipinski definition) is 3. The fraction of sp³-hybridized carbons (Fsp3) is 0.200. The molecule has 0 aliphatic carbocycles. The SMILES string of the molecule is Cc1cccc(C)c1NC(=O)CN(C)C(=O)c1ccccc1COc1ccccc1. The second-order valence-corrected chi connectivity index (χ2v) is 7.24. The van der Waals surface area contributed by atoms with E-state index in [9.17, 15) is 9.59 Å². The number of carbonyl (C=O) groups excluding carboxylic acids is 2. The number of nitrogens with one attached hydrogen (secondary N) is 1. The van der Waals surface area contributed by atoms with Crippen molar-refractivity contribution in [3.63, 3.8) is 0 Å². The summed E-state index contributed by atoms with van der Waals surface area (Å²) in [6.45, 7) is 4.12. The third-order valence-electron chi connectivity index (χ3n) is 4.86. The standard InChI is InChI=1S/C25H26N2O3/c1-18-10-9-11-19(2)24(18)26-23(28)16-27(3)25(29)22-15-8-7-12-20(22)17-30-21-13-5-4-6-14-21/h4-15H,16-17H2,1-3H3,(H,26,28). The van der Waals surface area contributed by atoms with Crippen LogP contribution < -0.4 is 10.1 Å². The Labute approximate surface area is 177 Å². The molecule has 0 fully saturated rings. The molecular formula is C25H26N2O3. The van der Waals surface area contributed by atoms with E-state index in [0.29, 0.717) is 5.56 Å². The van der Waals surface area contributed by atoms with E-state index in [-0.39, 0.29) is 25.0 Å². The lowest BCUT2D eigenvalue weighted by atomic mass is 10.1. The molecule has 0 unspecified atom stereocenters. The summed E-state index contributed by atoms with van der Waals surface area (Å²) in [6, 6.07) is 22.6. The number of nitrogens with zero attached hydrogens (tertiary/aromatic N) is 1. The minimum Gasteiger partial charge on any atom is -0.489 e. The van der Waals surface area contributed by atoms with Crippen molar-refractivity contribution >= 4 is 17.5 Å². The van der Waals surface area contributed by atoms with Crippen LogP contribution in [0.3, 0.4) is 0 Å². The van der Waals surface area contributed by atoms with Crippen molar-refractivity contribution in [3.8, 4) is 5.75 Å². The Morgan fingerprint density at radius 1 is 0.867 bits per heavy atom. The van der Waals surface area contributed by atoms with Gasteiger partial charge in [0.25, 0.3) is 5.91 Å². The Bertz CT molecular complexity index is 1010. The smallest absolute Gasteiger partial charge is 0.254 e. The first-order valence-electron chi connectivity index (χ1n) is 9.83. The number of ether oxygens (including phenoxy) is 1. The lowest BCUT2D eigenvalue weighted by molar-refractivity contribution is -0.116.